The van der Waals surface area contributed by atoms with E-state index >= 15 is 0 Å². The van der Waals surface area contributed by atoms with Gasteiger partial charge in [0.05, 0.1) is 13.2 Å². The first-order valence-electron chi connectivity index (χ1n) is 7.69. The Balaban J connectivity index is 1.85. The van der Waals surface area contributed by atoms with Gasteiger partial charge in [0.25, 0.3) is 0 Å². The zero-order chi connectivity index (χ0) is 15.0. The van der Waals surface area contributed by atoms with Crippen molar-refractivity contribution in [1.29, 1.82) is 0 Å². The van der Waals surface area contributed by atoms with Gasteiger partial charge in [0, 0.05) is 24.7 Å². The summed E-state index contributed by atoms with van der Waals surface area (Å²) in [6, 6.07) is 0. The topological polar surface area (TPSA) is 65.0 Å². The van der Waals surface area contributed by atoms with Crippen LogP contribution in [0.2, 0.25) is 0 Å². The molecule has 1 aliphatic carbocycles. The number of ketones is 1. The number of rotatable bonds is 0. The lowest BCUT2D eigenvalue weighted by Crippen LogP contribution is -2.57. The molecule has 0 aromatic carbocycles. The third-order valence-electron chi connectivity index (χ3n) is 5.90. The molecule has 0 unspecified atom stereocenters. The Kier molecular flexibility index (Phi) is 2.62. The molecule has 21 heavy (non-hydrogen) atoms. The van der Waals surface area contributed by atoms with Gasteiger partial charge in [-0.1, -0.05) is 13.8 Å². The van der Waals surface area contributed by atoms with Gasteiger partial charge < -0.3 is 19.3 Å². The Labute approximate surface area is 124 Å². The van der Waals surface area contributed by atoms with E-state index in [0.717, 1.165) is 5.57 Å². The van der Waals surface area contributed by atoms with Crippen LogP contribution in [0.15, 0.2) is 11.6 Å². The standard InChI is InChI=1S/C16H22O5/c1-9-6-16(18)11-8-15(19-4-5-20-15)7-10(14(11,2)3)12(17)13(9)21-16/h6,10-11,13,18H,4-5,7-8H2,1-3H3/t10-,11-,13-,16+/m1/s1. The van der Waals surface area contributed by atoms with Crippen molar-refractivity contribution in [3.63, 3.8) is 0 Å². The zero-order valence-corrected chi connectivity index (χ0v) is 12.7. The fourth-order valence-corrected chi connectivity index (χ4v) is 4.72. The van der Waals surface area contributed by atoms with E-state index in [4.69, 9.17) is 14.2 Å². The molecule has 1 N–H and O–H groups in total. The third kappa shape index (κ3) is 1.69. The maximum absolute atomic E-state index is 12.9. The molecule has 3 aliphatic heterocycles. The van der Waals surface area contributed by atoms with Gasteiger partial charge in [0.2, 0.25) is 0 Å². The van der Waals surface area contributed by atoms with Crippen LogP contribution in [0.5, 0.6) is 0 Å². The summed E-state index contributed by atoms with van der Waals surface area (Å²) in [5, 5.41) is 11.0. The van der Waals surface area contributed by atoms with Crippen LogP contribution in [-0.2, 0) is 19.0 Å². The molecular formula is C16H22O5. The summed E-state index contributed by atoms with van der Waals surface area (Å²) in [6.45, 7) is 7.05. The second-order valence-electron chi connectivity index (χ2n) is 7.48. The number of ether oxygens (including phenoxy) is 3. The first-order valence-corrected chi connectivity index (χ1v) is 7.69. The predicted octanol–water partition coefficient (Wildman–Crippen LogP) is 1.40. The van der Waals surface area contributed by atoms with Crippen LogP contribution in [0.1, 0.15) is 33.6 Å². The Morgan fingerprint density at radius 2 is 1.90 bits per heavy atom. The monoisotopic (exact) mass is 294 g/mol. The van der Waals surface area contributed by atoms with E-state index in [9.17, 15) is 9.90 Å². The molecule has 0 aromatic rings. The average molecular weight is 294 g/mol. The Hall–Kier alpha value is -0.750. The van der Waals surface area contributed by atoms with Crippen LogP contribution in [0.3, 0.4) is 0 Å². The minimum atomic E-state index is -1.40. The molecule has 4 bridgehead atoms. The van der Waals surface area contributed by atoms with Crippen molar-refractivity contribution in [3.8, 4) is 0 Å². The Bertz CT molecular complexity index is 531. The fourth-order valence-electron chi connectivity index (χ4n) is 4.72. The van der Waals surface area contributed by atoms with Gasteiger partial charge in [-0.3, -0.25) is 4.79 Å². The lowest BCUT2D eigenvalue weighted by molar-refractivity contribution is -0.271. The maximum atomic E-state index is 12.9. The SMILES string of the molecule is CC1=C[C@]2(O)O[C@H]1C(=O)[C@H]1CC3(C[C@@H]2C1(C)C)OCCO3. The van der Waals surface area contributed by atoms with E-state index in [-0.39, 0.29) is 23.0 Å². The molecule has 0 radical (unpaired) electrons. The molecule has 0 aromatic heterocycles. The predicted molar refractivity (Wildman–Crippen MR) is 73.2 cm³/mol. The van der Waals surface area contributed by atoms with Crippen LogP contribution in [0, 0.1) is 17.3 Å². The molecule has 4 rings (SSSR count). The fraction of sp³-hybridized carbons (Fsp3) is 0.812. The molecule has 1 saturated carbocycles. The number of hydrogen-bond donors (Lipinski definition) is 1. The second-order valence-corrected chi connectivity index (χ2v) is 7.48. The highest BCUT2D eigenvalue weighted by atomic mass is 16.7. The van der Waals surface area contributed by atoms with Crippen LogP contribution in [0.4, 0.5) is 0 Å². The number of fused-ring (bicyclic) bond motifs is 5. The summed E-state index contributed by atoms with van der Waals surface area (Å²) >= 11 is 0. The molecule has 4 atom stereocenters. The summed E-state index contributed by atoms with van der Waals surface area (Å²) in [6.07, 6.45) is 2.20. The van der Waals surface area contributed by atoms with Crippen molar-refractivity contribution in [1.82, 2.24) is 0 Å². The number of hydrogen-bond acceptors (Lipinski definition) is 5. The van der Waals surface area contributed by atoms with E-state index in [0.29, 0.717) is 26.1 Å². The summed E-state index contributed by atoms with van der Waals surface area (Å²) in [5.41, 5.74) is 0.468. The van der Waals surface area contributed by atoms with Crippen molar-refractivity contribution in [2.75, 3.05) is 13.2 Å². The molecule has 116 valence electrons. The van der Waals surface area contributed by atoms with Gasteiger partial charge in [-0.15, -0.1) is 0 Å². The van der Waals surface area contributed by atoms with Gasteiger partial charge in [0.1, 0.15) is 6.10 Å². The van der Waals surface area contributed by atoms with Crippen molar-refractivity contribution in [2.45, 2.75) is 51.3 Å². The smallest absolute Gasteiger partial charge is 0.190 e. The second kappa shape index (κ2) is 3.96. The number of carbonyl (C=O) groups is 1. The Morgan fingerprint density at radius 3 is 2.57 bits per heavy atom. The quantitative estimate of drug-likeness (QED) is 0.684. The minimum absolute atomic E-state index is 0.0466. The molecule has 3 fully saturated rings. The summed E-state index contributed by atoms with van der Waals surface area (Å²) in [4.78, 5) is 12.9. The molecular weight excluding hydrogens is 272 g/mol. The van der Waals surface area contributed by atoms with Crippen LogP contribution in [0.25, 0.3) is 0 Å². The molecule has 5 nitrogen and oxygen atoms in total. The lowest BCUT2D eigenvalue weighted by Gasteiger charge is -2.52. The first kappa shape index (κ1) is 13.9. The van der Waals surface area contributed by atoms with Crippen LogP contribution < -0.4 is 0 Å². The van der Waals surface area contributed by atoms with Crippen molar-refractivity contribution < 1.29 is 24.1 Å². The van der Waals surface area contributed by atoms with Gasteiger partial charge in [-0.25, -0.2) is 0 Å². The lowest BCUT2D eigenvalue weighted by atomic mass is 9.56. The molecule has 5 heteroatoms. The highest BCUT2D eigenvalue weighted by molar-refractivity contribution is 5.90. The molecule has 2 saturated heterocycles. The van der Waals surface area contributed by atoms with E-state index < -0.39 is 17.7 Å². The molecule has 3 heterocycles. The zero-order valence-electron chi connectivity index (χ0n) is 12.7. The summed E-state index contributed by atoms with van der Waals surface area (Å²) in [5.74, 6) is -2.53. The highest BCUT2D eigenvalue weighted by Gasteiger charge is 2.66. The normalized spacial score (nSPS) is 46.6. The van der Waals surface area contributed by atoms with Gasteiger partial charge in [-0.2, -0.15) is 0 Å². The molecule has 1 spiro atoms. The maximum Gasteiger partial charge on any atom is 0.190 e. The highest BCUT2D eigenvalue weighted by Crippen LogP contribution is 2.59. The average Bonchev–Trinajstić information content (AvgIpc) is 2.96. The van der Waals surface area contributed by atoms with Crippen molar-refractivity contribution in [2.24, 2.45) is 17.3 Å². The van der Waals surface area contributed by atoms with E-state index in [1.54, 1.807) is 6.08 Å². The van der Waals surface area contributed by atoms with Crippen molar-refractivity contribution >= 4 is 5.78 Å². The Morgan fingerprint density at radius 1 is 1.24 bits per heavy atom. The van der Waals surface area contributed by atoms with E-state index in [1.807, 2.05) is 20.8 Å². The van der Waals surface area contributed by atoms with Gasteiger partial charge in [-0.05, 0) is 24.0 Å². The van der Waals surface area contributed by atoms with E-state index in [2.05, 4.69) is 0 Å². The van der Waals surface area contributed by atoms with Gasteiger partial charge >= 0.3 is 0 Å². The van der Waals surface area contributed by atoms with Gasteiger partial charge in [0.15, 0.2) is 17.4 Å². The number of aliphatic hydroxyl groups is 1. The largest absolute Gasteiger partial charge is 0.362 e. The molecule has 0 amide bonds. The van der Waals surface area contributed by atoms with Crippen LogP contribution in [-0.4, -0.2) is 41.8 Å². The number of Topliss-reactive ketones (excluding diaryl/α,β-unsaturated/α-hetero) is 1. The van der Waals surface area contributed by atoms with E-state index in [1.165, 1.54) is 0 Å². The van der Waals surface area contributed by atoms with Crippen molar-refractivity contribution in [3.05, 3.63) is 11.6 Å². The third-order valence-corrected chi connectivity index (χ3v) is 5.90. The minimum Gasteiger partial charge on any atom is -0.362 e. The first-order chi connectivity index (χ1) is 9.78. The number of carbonyl (C=O) groups excluding carboxylic acids is 1. The molecule has 4 aliphatic rings. The van der Waals surface area contributed by atoms with Crippen LogP contribution >= 0.6 is 0 Å². The summed E-state index contributed by atoms with van der Waals surface area (Å²) in [7, 11) is 0. The summed E-state index contributed by atoms with van der Waals surface area (Å²) < 4.78 is 17.5.